The van der Waals surface area contributed by atoms with Crippen LogP contribution in [0.15, 0.2) is 23.1 Å². The molecule has 0 saturated carbocycles. The van der Waals surface area contributed by atoms with Gasteiger partial charge in [-0.1, -0.05) is 11.6 Å². The highest BCUT2D eigenvalue weighted by Gasteiger charge is 2.02. The van der Waals surface area contributed by atoms with Crippen LogP contribution in [0.25, 0.3) is 0 Å². The lowest BCUT2D eigenvalue weighted by Gasteiger charge is -2.03. The first-order valence-corrected chi connectivity index (χ1v) is 5.12. The number of halogens is 1. The zero-order valence-electron chi connectivity index (χ0n) is 6.87. The van der Waals surface area contributed by atoms with E-state index in [0.29, 0.717) is 16.3 Å². The van der Waals surface area contributed by atoms with Crippen LogP contribution in [0.3, 0.4) is 0 Å². The molecule has 0 heterocycles. The molecule has 0 unspecified atom stereocenters. The van der Waals surface area contributed by atoms with Crippen molar-refractivity contribution in [1.82, 2.24) is 0 Å². The molecule has 0 amide bonds. The maximum Gasteiger partial charge on any atom is 0.151 e. The largest absolute Gasteiger partial charge is 0.396 e. The Morgan fingerprint density at radius 2 is 2.31 bits per heavy atom. The van der Waals surface area contributed by atoms with Crippen LogP contribution in [-0.4, -0.2) is 23.8 Å². The lowest BCUT2D eigenvalue weighted by atomic mass is 10.2. The summed E-state index contributed by atoms with van der Waals surface area (Å²) < 4.78 is 0. The monoisotopic (exact) mass is 216 g/mol. The van der Waals surface area contributed by atoms with Gasteiger partial charge in [0.2, 0.25) is 0 Å². The van der Waals surface area contributed by atoms with Crippen molar-refractivity contribution >= 4 is 29.6 Å². The van der Waals surface area contributed by atoms with Crippen molar-refractivity contribution < 1.29 is 9.90 Å². The van der Waals surface area contributed by atoms with E-state index in [1.165, 1.54) is 11.8 Å². The molecule has 1 aromatic rings. The zero-order chi connectivity index (χ0) is 9.68. The van der Waals surface area contributed by atoms with Crippen LogP contribution in [0.4, 0.5) is 0 Å². The van der Waals surface area contributed by atoms with E-state index in [1.807, 2.05) is 0 Å². The predicted octanol–water partition coefficient (Wildman–Crippen LogP) is 2.24. The first kappa shape index (κ1) is 10.6. The van der Waals surface area contributed by atoms with E-state index in [4.69, 9.17) is 16.7 Å². The van der Waals surface area contributed by atoms with Gasteiger partial charge in [-0.15, -0.1) is 11.8 Å². The van der Waals surface area contributed by atoms with Gasteiger partial charge in [0.05, 0.1) is 6.61 Å². The molecule has 0 fully saturated rings. The SMILES string of the molecule is O=Cc1ccc(Cl)cc1SCCO. The molecule has 1 N–H and O–H groups in total. The summed E-state index contributed by atoms with van der Waals surface area (Å²) in [5.41, 5.74) is 0.614. The van der Waals surface area contributed by atoms with Gasteiger partial charge in [-0.3, -0.25) is 4.79 Å². The Labute approximate surface area is 85.9 Å². The van der Waals surface area contributed by atoms with Crippen molar-refractivity contribution in [2.45, 2.75) is 4.90 Å². The summed E-state index contributed by atoms with van der Waals surface area (Å²) in [5.74, 6) is 0.571. The standard InChI is InChI=1S/C9H9ClO2S/c10-8-2-1-7(6-12)9(5-8)13-4-3-11/h1-2,5-6,11H,3-4H2. The molecule has 2 nitrogen and oxygen atoms in total. The van der Waals surface area contributed by atoms with Gasteiger partial charge in [-0.25, -0.2) is 0 Å². The lowest BCUT2D eigenvalue weighted by Crippen LogP contribution is -1.89. The molecule has 1 rings (SSSR count). The smallest absolute Gasteiger partial charge is 0.151 e. The number of carbonyl (C=O) groups excluding carboxylic acids is 1. The van der Waals surface area contributed by atoms with E-state index < -0.39 is 0 Å². The van der Waals surface area contributed by atoms with Crippen molar-refractivity contribution in [2.75, 3.05) is 12.4 Å². The van der Waals surface area contributed by atoms with Crippen LogP contribution in [0.5, 0.6) is 0 Å². The van der Waals surface area contributed by atoms with Crippen LogP contribution in [0.2, 0.25) is 5.02 Å². The third-order valence-corrected chi connectivity index (χ3v) is 2.74. The van der Waals surface area contributed by atoms with E-state index in [-0.39, 0.29) is 6.61 Å². The van der Waals surface area contributed by atoms with Crippen LogP contribution < -0.4 is 0 Å². The number of aldehydes is 1. The highest BCUT2D eigenvalue weighted by atomic mass is 35.5. The van der Waals surface area contributed by atoms with Gasteiger partial charge < -0.3 is 5.11 Å². The summed E-state index contributed by atoms with van der Waals surface area (Å²) >= 11 is 7.18. The molecule has 0 saturated heterocycles. The second-order valence-corrected chi connectivity index (χ2v) is 3.95. The topological polar surface area (TPSA) is 37.3 Å². The molecule has 0 aliphatic carbocycles. The number of hydrogen-bond acceptors (Lipinski definition) is 3. The van der Waals surface area contributed by atoms with Gasteiger partial charge in [0.15, 0.2) is 6.29 Å². The maximum absolute atomic E-state index is 10.6. The predicted molar refractivity (Wildman–Crippen MR) is 54.6 cm³/mol. The fourth-order valence-electron chi connectivity index (χ4n) is 0.886. The summed E-state index contributed by atoms with van der Waals surface area (Å²) in [6.07, 6.45) is 0.788. The third kappa shape index (κ3) is 3.03. The minimum atomic E-state index is 0.0927. The Hall–Kier alpha value is -0.510. The van der Waals surface area contributed by atoms with E-state index in [1.54, 1.807) is 18.2 Å². The number of benzene rings is 1. The first-order valence-electron chi connectivity index (χ1n) is 3.76. The van der Waals surface area contributed by atoms with Crippen molar-refractivity contribution in [3.8, 4) is 0 Å². The van der Waals surface area contributed by atoms with Gasteiger partial charge in [0.25, 0.3) is 0 Å². The molecule has 0 atom stereocenters. The van der Waals surface area contributed by atoms with Crippen molar-refractivity contribution in [2.24, 2.45) is 0 Å². The van der Waals surface area contributed by atoms with E-state index >= 15 is 0 Å². The normalized spacial score (nSPS) is 10.0. The number of aliphatic hydroxyl groups excluding tert-OH is 1. The van der Waals surface area contributed by atoms with Gasteiger partial charge in [0.1, 0.15) is 0 Å². The minimum Gasteiger partial charge on any atom is -0.396 e. The van der Waals surface area contributed by atoms with Crippen molar-refractivity contribution in [1.29, 1.82) is 0 Å². The van der Waals surface area contributed by atoms with Crippen LogP contribution >= 0.6 is 23.4 Å². The highest BCUT2D eigenvalue weighted by Crippen LogP contribution is 2.24. The minimum absolute atomic E-state index is 0.0927. The molecule has 13 heavy (non-hydrogen) atoms. The molecule has 0 radical (unpaired) electrons. The fraction of sp³-hybridized carbons (Fsp3) is 0.222. The molecule has 0 bridgehead atoms. The lowest BCUT2D eigenvalue weighted by molar-refractivity contribution is 0.112. The Bertz CT molecular complexity index is 302. The molecule has 4 heteroatoms. The molecular formula is C9H9ClO2S. The Morgan fingerprint density at radius 1 is 1.54 bits per heavy atom. The molecule has 0 spiro atoms. The van der Waals surface area contributed by atoms with Crippen LogP contribution in [0, 0.1) is 0 Å². The molecule has 0 aliphatic rings. The van der Waals surface area contributed by atoms with E-state index in [0.717, 1.165) is 11.2 Å². The van der Waals surface area contributed by atoms with E-state index in [2.05, 4.69) is 0 Å². The molecule has 0 aliphatic heterocycles. The van der Waals surface area contributed by atoms with Crippen molar-refractivity contribution in [3.63, 3.8) is 0 Å². The fourth-order valence-corrected chi connectivity index (χ4v) is 1.93. The maximum atomic E-state index is 10.6. The summed E-state index contributed by atoms with van der Waals surface area (Å²) in [7, 11) is 0. The van der Waals surface area contributed by atoms with Gasteiger partial charge in [0, 0.05) is 21.2 Å². The van der Waals surface area contributed by atoms with Gasteiger partial charge in [-0.05, 0) is 18.2 Å². The molecule has 70 valence electrons. The molecule has 0 aromatic heterocycles. The zero-order valence-corrected chi connectivity index (χ0v) is 8.44. The number of aliphatic hydroxyl groups is 1. The number of carbonyl (C=O) groups is 1. The van der Waals surface area contributed by atoms with Gasteiger partial charge in [-0.2, -0.15) is 0 Å². The highest BCUT2D eigenvalue weighted by molar-refractivity contribution is 7.99. The Morgan fingerprint density at radius 3 is 2.92 bits per heavy atom. The van der Waals surface area contributed by atoms with Crippen LogP contribution in [-0.2, 0) is 0 Å². The second kappa shape index (κ2) is 5.27. The average Bonchev–Trinajstić information content (AvgIpc) is 2.15. The Kier molecular flexibility index (Phi) is 4.28. The van der Waals surface area contributed by atoms with E-state index in [9.17, 15) is 4.79 Å². The average molecular weight is 217 g/mol. The summed E-state index contributed by atoms with van der Waals surface area (Å²) in [5, 5.41) is 9.22. The van der Waals surface area contributed by atoms with Crippen molar-refractivity contribution in [3.05, 3.63) is 28.8 Å². The summed E-state index contributed by atoms with van der Waals surface area (Å²) in [6, 6.07) is 5.08. The molecular weight excluding hydrogens is 208 g/mol. The number of thioether (sulfide) groups is 1. The van der Waals surface area contributed by atoms with Crippen LogP contribution in [0.1, 0.15) is 10.4 Å². The third-order valence-electron chi connectivity index (χ3n) is 1.45. The summed E-state index contributed by atoms with van der Waals surface area (Å²) in [4.78, 5) is 11.4. The summed E-state index contributed by atoms with van der Waals surface area (Å²) in [6.45, 7) is 0.0927. The first-order chi connectivity index (χ1) is 6.27. The number of hydrogen-bond donors (Lipinski definition) is 1. The Balaban J connectivity index is 2.87. The quantitative estimate of drug-likeness (QED) is 0.620. The second-order valence-electron chi connectivity index (χ2n) is 2.37. The molecule has 1 aromatic carbocycles. The number of rotatable bonds is 4. The van der Waals surface area contributed by atoms with Gasteiger partial charge >= 0.3 is 0 Å².